The van der Waals surface area contributed by atoms with Gasteiger partial charge in [-0.15, -0.1) is 0 Å². The van der Waals surface area contributed by atoms with E-state index in [4.69, 9.17) is 4.74 Å². The van der Waals surface area contributed by atoms with Gasteiger partial charge in [0.25, 0.3) is 0 Å². The fourth-order valence-corrected chi connectivity index (χ4v) is 2.40. The zero-order valence-electron chi connectivity index (χ0n) is 15.9. The van der Waals surface area contributed by atoms with Crippen molar-refractivity contribution in [1.29, 1.82) is 0 Å². The van der Waals surface area contributed by atoms with Crippen LogP contribution >= 0.6 is 0 Å². The van der Waals surface area contributed by atoms with Gasteiger partial charge in [-0.1, -0.05) is 19.1 Å². The second kappa shape index (κ2) is 9.33. The van der Waals surface area contributed by atoms with Gasteiger partial charge in [0.1, 0.15) is 5.75 Å². The minimum Gasteiger partial charge on any atom is -0.494 e. The monoisotopic (exact) mass is 340 g/mol. The van der Waals surface area contributed by atoms with Gasteiger partial charge in [-0.3, -0.25) is 0 Å². The van der Waals surface area contributed by atoms with Crippen LogP contribution in [0.3, 0.4) is 0 Å². The Morgan fingerprint density at radius 1 is 0.800 bits per heavy atom. The fraction of sp³-hybridized carbons (Fsp3) is 0.429. The molecule has 0 saturated carbocycles. The third kappa shape index (κ3) is 7.48. The number of hydrogen-bond acceptors (Lipinski definition) is 3. The maximum Gasteiger partial charge on any atom is 0.119 e. The standard InChI is InChI=1S/C21H30N3O/c1-5-18-8-10-19(11-9-18)22-23-20-12-14-21(15-13-20)25-17-7-6-16-24(2,3)4/h8-15H,5-7,16-17H2,1-4H3/q+1. The molecule has 0 radical (unpaired) electrons. The second-order valence-corrected chi connectivity index (χ2v) is 7.28. The zero-order chi connectivity index (χ0) is 18.1. The van der Waals surface area contributed by atoms with E-state index < -0.39 is 0 Å². The topological polar surface area (TPSA) is 34.0 Å². The largest absolute Gasteiger partial charge is 0.494 e. The fourth-order valence-electron chi connectivity index (χ4n) is 2.40. The predicted molar refractivity (Wildman–Crippen MR) is 104 cm³/mol. The molecule has 134 valence electrons. The maximum absolute atomic E-state index is 5.78. The number of rotatable bonds is 9. The van der Waals surface area contributed by atoms with Crippen LogP contribution in [0.15, 0.2) is 58.8 Å². The van der Waals surface area contributed by atoms with Crippen molar-refractivity contribution < 1.29 is 9.22 Å². The molecule has 0 N–H and O–H groups in total. The molecule has 0 saturated heterocycles. The summed E-state index contributed by atoms with van der Waals surface area (Å²) in [5, 5.41) is 8.55. The van der Waals surface area contributed by atoms with Crippen LogP contribution in [-0.2, 0) is 6.42 Å². The predicted octanol–water partition coefficient (Wildman–Crippen LogP) is 5.53. The molecule has 0 amide bonds. The summed E-state index contributed by atoms with van der Waals surface area (Å²) in [5.74, 6) is 0.886. The van der Waals surface area contributed by atoms with E-state index in [0.29, 0.717) is 0 Å². The van der Waals surface area contributed by atoms with Crippen LogP contribution < -0.4 is 4.74 Å². The van der Waals surface area contributed by atoms with Gasteiger partial charge in [0.15, 0.2) is 0 Å². The Hall–Kier alpha value is -2.20. The number of aryl methyl sites for hydroxylation is 1. The Bertz CT molecular complexity index is 655. The molecule has 0 atom stereocenters. The first-order valence-corrected chi connectivity index (χ1v) is 9.00. The van der Waals surface area contributed by atoms with Gasteiger partial charge < -0.3 is 9.22 Å². The summed E-state index contributed by atoms with van der Waals surface area (Å²) < 4.78 is 6.79. The Kier molecular flexibility index (Phi) is 7.14. The maximum atomic E-state index is 5.78. The van der Waals surface area contributed by atoms with Crippen LogP contribution in [0, 0.1) is 0 Å². The summed E-state index contributed by atoms with van der Waals surface area (Å²) in [7, 11) is 6.64. The highest BCUT2D eigenvalue weighted by molar-refractivity contribution is 5.43. The molecule has 2 rings (SSSR count). The van der Waals surface area contributed by atoms with E-state index in [-0.39, 0.29) is 0 Å². The molecule has 25 heavy (non-hydrogen) atoms. The highest BCUT2D eigenvalue weighted by atomic mass is 16.5. The van der Waals surface area contributed by atoms with Crippen LogP contribution in [0.25, 0.3) is 0 Å². The molecule has 0 heterocycles. The molecule has 4 nitrogen and oxygen atoms in total. The van der Waals surface area contributed by atoms with Gasteiger partial charge in [-0.05, 0) is 61.2 Å². The summed E-state index contributed by atoms with van der Waals surface area (Å²) in [6, 6.07) is 15.9. The van der Waals surface area contributed by atoms with Crippen LogP contribution in [0.2, 0.25) is 0 Å². The van der Waals surface area contributed by atoms with Gasteiger partial charge in [0.2, 0.25) is 0 Å². The molecule has 0 aliphatic rings. The molecule has 0 aliphatic heterocycles. The van der Waals surface area contributed by atoms with E-state index in [1.165, 1.54) is 18.5 Å². The smallest absolute Gasteiger partial charge is 0.119 e. The van der Waals surface area contributed by atoms with Crippen molar-refractivity contribution in [2.24, 2.45) is 10.2 Å². The molecule has 0 spiro atoms. The van der Waals surface area contributed by atoms with Crippen molar-refractivity contribution in [3.8, 4) is 5.75 Å². The van der Waals surface area contributed by atoms with E-state index in [2.05, 4.69) is 50.4 Å². The lowest BCUT2D eigenvalue weighted by Gasteiger charge is -2.23. The number of hydrogen-bond donors (Lipinski definition) is 0. The first-order chi connectivity index (χ1) is 12.0. The van der Waals surface area contributed by atoms with Crippen molar-refractivity contribution in [2.45, 2.75) is 26.2 Å². The van der Waals surface area contributed by atoms with Crippen molar-refractivity contribution >= 4 is 11.4 Å². The molecule has 2 aromatic rings. The quantitative estimate of drug-likeness (QED) is 0.336. The number of ether oxygens (including phenoxy) is 1. The van der Waals surface area contributed by atoms with Crippen LogP contribution in [0.4, 0.5) is 11.4 Å². The summed E-state index contributed by atoms with van der Waals surface area (Å²) in [6.07, 6.45) is 3.28. The van der Waals surface area contributed by atoms with E-state index in [9.17, 15) is 0 Å². The van der Waals surface area contributed by atoms with Crippen LogP contribution in [0.5, 0.6) is 5.75 Å². The summed E-state index contributed by atoms with van der Waals surface area (Å²) in [5.41, 5.74) is 3.01. The first kappa shape index (κ1) is 19.1. The van der Waals surface area contributed by atoms with E-state index in [0.717, 1.165) is 41.1 Å². The Labute approximate surface area is 151 Å². The molecule has 0 aliphatic carbocycles. The highest BCUT2D eigenvalue weighted by Crippen LogP contribution is 2.21. The van der Waals surface area contributed by atoms with Gasteiger partial charge in [0.05, 0.1) is 45.7 Å². The zero-order valence-corrected chi connectivity index (χ0v) is 15.9. The molecule has 0 bridgehead atoms. The normalized spacial score (nSPS) is 11.8. The molecule has 2 aromatic carbocycles. The van der Waals surface area contributed by atoms with Gasteiger partial charge in [-0.25, -0.2) is 0 Å². The van der Waals surface area contributed by atoms with Crippen LogP contribution in [-0.4, -0.2) is 38.8 Å². The highest BCUT2D eigenvalue weighted by Gasteiger charge is 2.05. The van der Waals surface area contributed by atoms with Crippen molar-refractivity contribution in [1.82, 2.24) is 0 Å². The Morgan fingerprint density at radius 3 is 1.88 bits per heavy atom. The third-order valence-electron chi connectivity index (χ3n) is 3.95. The van der Waals surface area contributed by atoms with Crippen molar-refractivity contribution in [3.63, 3.8) is 0 Å². The number of quaternary nitrogens is 1. The number of azo groups is 1. The number of benzene rings is 2. The molecule has 0 aromatic heterocycles. The minimum absolute atomic E-state index is 0.755. The minimum atomic E-state index is 0.755. The van der Waals surface area contributed by atoms with Gasteiger partial charge in [0, 0.05) is 0 Å². The lowest BCUT2D eigenvalue weighted by atomic mass is 10.2. The first-order valence-electron chi connectivity index (χ1n) is 9.00. The lowest BCUT2D eigenvalue weighted by Crippen LogP contribution is -2.35. The van der Waals surface area contributed by atoms with Gasteiger partial charge >= 0.3 is 0 Å². The average Bonchev–Trinajstić information content (AvgIpc) is 2.60. The van der Waals surface area contributed by atoms with Crippen molar-refractivity contribution in [3.05, 3.63) is 54.1 Å². The second-order valence-electron chi connectivity index (χ2n) is 7.28. The van der Waals surface area contributed by atoms with Crippen molar-refractivity contribution in [2.75, 3.05) is 34.3 Å². The third-order valence-corrected chi connectivity index (χ3v) is 3.95. The summed E-state index contributed by atoms with van der Waals surface area (Å²) in [4.78, 5) is 0. The lowest BCUT2D eigenvalue weighted by molar-refractivity contribution is -0.870. The molecule has 0 fully saturated rings. The van der Waals surface area contributed by atoms with E-state index >= 15 is 0 Å². The van der Waals surface area contributed by atoms with E-state index in [1.807, 2.05) is 36.4 Å². The van der Waals surface area contributed by atoms with Gasteiger partial charge in [-0.2, -0.15) is 10.2 Å². The molecule has 0 unspecified atom stereocenters. The van der Waals surface area contributed by atoms with E-state index in [1.54, 1.807) is 0 Å². The summed E-state index contributed by atoms with van der Waals surface area (Å²) in [6.45, 7) is 4.07. The number of nitrogens with zero attached hydrogens (tertiary/aromatic N) is 3. The van der Waals surface area contributed by atoms with Crippen LogP contribution in [0.1, 0.15) is 25.3 Å². The SMILES string of the molecule is CCc1ccc(N=Nc2ccc(OCCCC[N+](C)(C)C)cc2)cc1. The molecular weight excluding hydrogens is 310 g/mol. The Morgan fingerprint density at radius 2 is 1.36 bits per heavy atom. The Balaban J connectivity index is 1.78. The molecular formula is C21H30N3O+. The average molecular weight is 340 g/mol. The molecule has 4 heteroatoms. The summed E-state index contributed by atoms with van der Waals surface area (Å²) >= 11 is 0. The number of unbranched alkanes of at least 4 members (excludes halogenated alkanes) is 1.